The van der Waals surface area contributed by atoms with Gasteiger partial charge in [-0.05, 0) is 31.4 Å². The summed E-state index contributed by atoms with van der Waals surface area (Å²) < 4.78 is 2.83. The van der Waals surface area contributed by atoms with Gasteiger partial charge in [-0.2, -0.15) is 4.68 Å². The van der Waals surface area contributed by atoms with E-state index >= 15 is 0 Å². The van der Waals surface area contributed by atoms with Crippen LogP contribution in [0.3, 0.4) is 0 Å². The second-order valence-electron chi connectivity index (χ2n) is 6.13. The maximum absolute atomic E-state index is 12.6. The Labute approximate surface area is 143 Å². The van der Waals surface area contributed by atoms with Gasteiger partial charge >= 0.3 is 0 Å². The molecule has 1 aliphatic heterocycles. The third-order valence-corrected chi connectivity index (χ3v) is 4.44. The van der Waals surface area contributed by atoms with Crippen molar-refractivity contribution in [2.24, 2.45) is 0 Å². The van der Waals surface area contributed by atoms with Crippen molar-refractivity contribution in [3.8, 4) is 5.69 Å². The van der Waals surface area contributed by atoms with Crippen LogP contribution in [0, 0.1) is 0 Å². The molecule has 0 saturated carbocycles. The van der Waals surface area contributed by atoms with E-state index in [1.807, 2.05) is 30.3 Å². The molecule has 0 aliphatic carbocycles. The van der Waals surface area contributed by atoms with E-state index in [1.165, 1.54) is 15.6 Å². The van der Waals surface area contributed by atoms with Gasteiger partial charge in [0.05, 0.1) is 5.69 Å². The van der Waals surface area contributed by atoms with Gasteiger partial charge in [-0.1, -0.05) is 23.4 Å². The first-order valence-corrected chi connectivity index (χ1v) is 8.38. The van der Waals surface area contributed by atoms with Crippen molar-refractivity contribution in [3.05, 3.63) is 47.0 Å². The molecule has 25 heavy (non-hydrogen) atoms. The molecule has 2 aromatic heterocycles. The van der Waals surface area contributed by atoms with Crippen LogP contribution in [0.15, 0.2) is 41.5 Å². The lowest BCUT2D eigenvalue weighted by Crippen LogP contribution is -2.39. The van der Waals surface area contributed by atoms with Crippen molar-refractivity contribution in [2.75, 3.05) is 13.1 Å². The van der Waals surface area contributed by atoms with Crippen molar-refractivity contribution in [1.29, 1.82) is 0 Å². The summed E-state index contributed by atoms with van der Waals surface area (Å²) >= 11 is 0. The lowest BCUT2D eigenvalue weighted by molar-refractivity contribution is -0.132. The van der Waals surface area contributed by atoms with Gasteiger partial charge in [-0.3, -0.25) is 14.2 Å². The number of likely N-dealkylation sites (tertiary alicyclic amines) is 1. The van der Waals surface area contributed by atoms with Gasteiger partial charge in [0.25, 0.3) is 5.56 Å². The fourth-order valence-corrected chi connectivity index (χ4v) is 3.09. The number of hydrogen-bond acceptors (Lipinski definition) is 5. The first-order valence-electron chi connectivity index (χ1n) is 8.38. The van der Waals surface area contributed by atoms with Gasteiger partial charge in [-0.15, -0.1) is 5.10 Å². The molecular weight excluding hydrogens is 320 g/mol. The van der Waals surface area contributed by atoms with Crippen LogP contribution in [-0.2, 0) is 11.3 Å². The van der Waals surface area contributed by atoms with E-state index < -0.39 is 0 Å². The van der Waals surface area contributed by atoms with Crippen molar-refractivity contribution >= 4 is 17.1 Å². The maximum Gasteiger partial charge on any atom is 0.284 e. The van der Waals surface area contributed by atoms with Gasteiger partial charge in [0.15, 0.2) is 11.2 Å². The Morgan fingerprint density at radius 2 is 1.84 bits per heavy atom. The minimum atomic E-state index is -0.349. The van der Waals surface area contributed by atoms with Gasteiger partial charge in [0.2, 0.25) is 5.91 Å². The number of hydrogen-bond donors (Lipinski definition) is 0. The van der Waals surface area contributed by atoms with Gasteiger partial charge in [-0.25, -0.2) is 4.98 Å². The van der Waals surface area contributed by atoms with Crippen LogP contribution in [0.4, 0.5) is 0 Å². The maximum atomic E-state index is 12.6. The van der Waals surface area contributed by atoms with Crippen molar-refractivity contribution in [2.45, 2.75) is 25.8 Å². The van der Waals surface area contributed by atoms with Gasteiger partial charge in [0.1, 0.15) is 12.9 Å². The third-order valence-electron chi connectivity index (χ3n) is 4.44. The number of carbonyl (C=O) groups is 1. The lowest BCUT2D eigenvalue weighted by Gasteiger charge is -2.26. The van der Waals surface area contributed by atoms with E-state index in [0.29, 0.717) is 5.65 Å². The van der Waals surface area contributed by atoms with Crippen LogP contribution >= 0.6 is 0 Å². The molecule has 1 aliphatic rings. The standard InChI is InChI=1S/C17H18N6O2/c24-14(21-9-5-2-6-10-21)11-22-12-18-16-15(17(22)25)19-20-23(16)13-7-3-1-4-8-13/h1,3-4,7-8,12H,2,5-6,9-11H2. The summed E-state index contributed by atoms with van der Waals surface area (Å²) in [5, 5.41) is 8.00. The first-order chi connectivity index (χ1) is 12.2. The fourth-order valence-electron chi connectivity index (χ4n) is 3.09. The summed E-state index contributed by atoms with van der Waals surface area (Å²) in [5.74, 6) is -0.0570. The van der Waals surface area contributed by atoms with Crippen LogP contribution in [0.1, 0.15) is 19.3 Å². The summed E-state index contributed by atoms with van der Waals surface area (Å²) in [6, 6.07) is 9.38. The third kappa shape index (κ3) is 2.90. The van der Waals surface area contributed by atoms with Crippen molar-refractivity contribution < 1.29 is 4.79 Å². The van der Waals surface area contributed by atoms with Crippen molar-refractivity contribution in [1.82, 2.24) is 29.4 Å². The highest BCUT2D eigenvalue weighted by atomic mass is 16.2. The number of piperidine rings is 1. The Hall–Kier alpha value is -3.03. The zero-order valence-corrected chi connectivity index (χ0v) is 13.7. The van der Waals surface area contributed by atoms with Crippen LogP contribution in [-0.4, -0.2) is 48.4 Å². The Morgan fingerprint density at radius 3 is 2.60 bits per heavy atom. The molecule has 3 aromatic rings. The zero-order chi connectivity index (χ0) is 17.2. The van der Waals surface area contributed by atoms with E-state index in [1.54, 1.807) is 4.90 Å². The quantitative estimate of drug-likeness (QED) is 0.711. The second kappa shape index (κ2) is 6.46. The Balaban J connectivity index is 1.65. The molecule has 0 atom stereocenters. The van der Waals surface area contributed by atoms with Crippen LogP contribution in [0.2, 0.25) is 0 Å². The Morgan fingerprint density at radius 1 is 1.08 bits per heavy atom. The van der Waals surface area contributed by atoms with Crippen LogP contribution < -0.4 is 5.56 Å². The molecule has 0 spiro atoms. The van der Waals surface area contributed by atoms with Crippen LogP contribution in [0.5, 0.6) is 0 Å². The summed E-state index contributed by atoms with van der Waals surface area (Å²) in [5.41, 5.74) is 0.979. The molecule has 1 amide bonds. The molecule has 8 heteroatoms. The minimum Gasteiger partial charge on any atom is -0.341 e. The van der Waals surface area contributed by atoms with E-state index in [4.69, 9.17) is 0 Å². The van der Waals surface area contributed by atoms with Gasteiger partial charge in [0, 0.05) is 13.1 Å². The minimum absolute atomic E-state index is 0.0139. The zero-order valence-electron chi connectivity index (χ0n) is 13.7. The first kappa shape index (κ1) is 15.5. The van der Waals surface area contributed by atoms with Crippen LogP contribution in [0.25, 0.3) is 16.9 Å². The fraction of sp³-hybridized carbons (Fsp3) is 0.353. The summed E-state index contributed by atoms with van der Waals surface area (Å²) in [6.45, 7) is 1.50. The predicted molar refractivity (Wildman–Crippen MR) is 91.4 cm³/mol. The number of carbonyl (C=O) groups excluding carboxylic acids is 1. The molecule has 128 valence electrons. The summed E-state index contributed by atoms with van der Waals surface area (Å²) in [7, 11) is 0. The largest absolute Gasteiger partial charge is 0.341 e. The van der Waals surface area contributed by atoms with E-state index in [9.17, 15) is 9.59 Å². The van der Waals surface area contributed by atoms with E-state index in [-0.39, 0.29) is 23.5 Å². The number of amides is 1. The topological polar surface area (TPSA) is 85.9 Å². The summed E-state index contributed by atoms with van der Waals surface area (Å²) in [6.07, 6.45) is 4.59. The summed E-state index contributed by atoms with van der Waals surface area (Å²) in [4.78, 5) is 31.1. The highest BCUT2D eigenvalue weighted by Crippen LogP contribution is 2.12. The molecule has 1 aromatic carbocycles. The average molecular weight is 338 g/mol. The number of fused-ring (bicyclic) bond motifs is 1. The highest BCUT2D eigenvalue weighted by Gasteiger charge is 2.19. The number of benzene rings is 1. The second-order valence-corrected chi connectivity index (χ2v) is 6.13. The molecule has 4 rings (SSSR count). The molecule has 3 heterocycles. The van der Waals surface area contributed by atoms with E-state index in [0.717, 1.165) is 38.0 Å². The molecule has 0 bridgehead atoms. The molecule has 8 nitrogen and oxygen atoms in total. The molecule has 1 fully saturated rings. The molecule has 0 N–H and O–H groups in total. The molecule has 0 radical (unpaired) electrons. The van der Waals surface area contributed by atoms with Crippen molar-refractivity contribution in [3.63, 3.8) is 0 Å². The Kier molecular flexibility index (Phi) is 4.01. The molecule has 0 unspecified atom stereocenters. The van der Waals surface area contributed by atoms with E-state index in [2.05, 4.69) is 15.3 Å². The normalized spacial score (nSPS) is 14.8. The molecule has 1 saturated heterocycles. The van der Waals surface area contributed by atoms with Gasteiger partial charge < -0.3 is 4.90 Å². The number of rotatable bonds is 3. The average Bonchev–Trinajstić information content (AvgIpc) is 3.10. The number of aromatic nitrogens is 5. The number of nitrogens with zero attached hydrogens (tertiary/aromatic N) is 6. The SMILES string of the molecule is O=C(Cn1cnc2c(nnn2-c2ccccc2)c1=O)N1CCCCC1. The monoisotopic (exact) mass is 338 g/mol. The Bertz CT molecular complexity index is 956. The lowest BCUT2D eigenvalue weighted by atomic mass is 10.1. The number of para-hydroxylation sites is 1. The predicted octanol–water partition coefficient (Wildman–Crippen LogP) is 0.990. The highest BCUT2D eigenvalue weighted by molar-refractivity contribution is 5.77. The smallest absolute Gasteiger partial charge is 0.284 e. The molecular formula is C17H18N6O2.